The molecule has 35 heavy (non-hydrogen) atoms. The van der Waals surface area contributed by atoms with Gasteiger partial charge in [-0.25, -0.2) is 8.42 Å². The van der Waals surface area contributed by atoms with E-state index in [0.29, 0.717) is 19.4 Å². The number of anilines is 1. The summed E-state index contributed by atoms with van der Waals surface area (Å²) in [6.45, 7) is 3.90. The zero-order chi connectivity index (χ0) is 26.2. The molecule has 1 atom stereocenters. The smallest absolute Gasteiger partial charge is 0.244 e. The second kappa shape index (κ2) is 13.3. The number of benzene rings is 2. The Bertz CT molecular complexity index is 1130. The lowest BCUT2D eigenvalue weighted by Gasteiger charge is -2.33. The summed E-state index contributed by atoms with van der Waals surface area (Å²) in [4.78, 5) is 27.9. The van der Waals surface area contributed by atoms with Crippen LogP contribution in [0.3, 0.4) is 0 Å². The van der Waals surface area contributed by atoms with Crippen molar-refractivity contribution in [2.75, 3.05) is 30.2 Å². The van der Waals surface area contributed by atoms with E-state index >= 15 is 0 Å². The molecule has 2 aromatic rings. The fourth-order valence-corrected chi connectivity index (χ4v) is 5.11. The largest absolute Gasteiger partial charge is 0.354 e. The number of hydrogen-bond acceptors (Lipinski definition) is 4. The Morgan fingerprint density at radius 3 is 2.20 bits per heavy atom. The number of nitrogens with one attached hydrogen (secondary N) is 1. The van der Waals surface area contributed by atoms with Gasteiger partial charge >= 0.3 is 0 Å². The summed E-state index contributed by atoms with van der Waals surface area (Å²) in [5.41, 5.74) is 1.02. The predicted octanol–water partition coefficient (Wildman–Crippen LogP) is 4.79. The number of rotatable bonds is 12. The van der Waals surface area contributed by atoms with Crippen LogP contribution in [0.2, 0.25) is 15.1 Å². The summed E-state index contributed by atoms with van der Waals surface area (Å²) in [5, 5.41) is 3.12. The maximum atomic E-state index is 13.6. The van der Waals surface area contributed by atoms with E-state index in [4.69, 9.17) is 34.8 Å². The van der Waals surface area contributed by atoms with Crippen molar-refractivity contribution in [3.63, 3.8) is 0 Å². The third-order valence-corrected chi connectivity index (χ3v) is 7.51. The molecule has 0 saturated carbocycles. The van der Waals surface area contributed by atoms with E-state index < -0.39 is 28.5 Å². The number of carbonyl (C=O) groups excluding carboxylic acids is 2. The van der Waals surface area contributed by atoms with Gasteiger partial charge in [0.25, 0.3) is 0 Å². The third-order valence-electron chi connectivity index (χ3n) is 5.36. The zero-order valence-electron chi connectivity index (χ0n) is 19.9. The molecular formula is C24H30Cl3N3O4S. The summed E-state index contributed by atoms with van der Waals surface area (Å²) in [5.74, 6) is -0.818. The van der Waals surface area contributed by atoms with E-state index in [-0.39, 0.29) is 33.2 Å². The molecule has 11 heteroatoms. The van der Waals surface area contributed by atoms with Gasteiger partial charge in [-0.15, -0.1) is 0 Å². The van der Waals surface area contributed by atoms with Crippen molar-refractivity contribution >= 4 is 62.3 Å². The lowest BCUT2D eigenvalue weighted by atomic mass is 10.1. The van der Waals surface area contributed by atoms with Crippen LogP contribution in [-0.4, -0.2) is 57.1 Å². The van der Waals surface area contributed by atoms with Crippen molar-refractivity contribution in [1.29, 1.82) is 0 Å². The Labute approximate surface area is 222 Å². The highest BCUT2D eigenvalue weighted by Gasteiger charge is 2.32. The van der Waals surface area contributed by atoms with Gasteiger partial charge in [0.1, 0.15) is 12.6 Å². The molecule has 0 aliphatic carbocycles. The summed E-state index contributed by atoms with van der Waals surface area (Å²) < 4.78 is 26.2. The van der Waals surface area contributed by atoms with Crippen LogP contribution >= 0.6 is 34.8 Å². The van der Waals surface area contributed by atoms with Crippen LogP contribution in [0.1, 0.15) is 32.3 Å². The fraction of sp³-hybridized carbons (Fsp3) is 0.417. The van der Waals surface area contributed by atoms with Gasteiger partial charge in [-0.05, 0) is 37.0 Å². The predicted molar refractivity (Wildman–Crippen MR) is 143 cm³/mol. The molecule has 0 fully saturated rings. The molecule has 0 aliphatic rings. The number of nitrogens with zero attached hydrogens (tertiary/aromatic N) is 2. The van der Waals surface area contributed by atoms with Gasteiger partial charge in [-0.2, -0.15) is 0 Å². The minimum Gasteiger partial charge on any atom is -0.354 e. The number of carbonyl (C=O) groups is 2. The lowest BCUT2D eigenvalue weighted by Crippen LogP contribution is -2.53. The van der Waals surface area contributed by atoms with E-state index in [1.54, 1.807) is 0 Å². The molecule has 0 bridgehead atoms. The summed E-state index contributed by atoms with van der Waals surface area (Å²) >= 11 is 18.4. The Hall–Kier alpha value is -2.00. The average Bonchev–Trinajstić information content (AvgIpc) is 2.81. The van der Waals surface area contributed by atoms with Crippen molar-refractivity contribution < 1.29 is 18.0 Å². The van der Waals surface area contributed by atoms with E-state index in [2.05, 4.69) is 5.32 Å². The van der Waals surface area contributed by atoms with E-state index in [1.807, 2.05) is 44.2 Å². The topological polar surface area (TPSA) is 86.8 Å². The maximum Gasteiger partial charge on any atom is 0.244 e. The molecule has 0 aromatic heterocycles. The molecule has 0 spiro atoms. The maximum absolute atomic E-state index is 13.6. The molecular weight excluding hydrogens is 533 g/mol. The molecule has 0 heterocycles. The Balaban J connectivity index is 2.41. The van der Waals surface area contributed by atoms with Gasteiger partial charge < -0.3 is 10.2 Å². The minimum atomic E-state index is -3.93. The molecule has 192 valence electrons. The molecule has 7 nitrogen and oxygen atoms in total. The SMILES string of the molecule is CCCNC(=O)[C@H](CC)N(CCc1ccccc1)C(=O)CN(c1cc(Cl)c(Cl)cc1Cl)S(C)(=O)=O. The molecule has 0 saturated heterocycles. The van der Waals surface area contributed by atoms with Gasteiger partial charge in [0.2, 0.25) is 21.8 Å². The molecule has 2 rings (SSSR count). The van der Waals surface area contributed by atoms with Gasteiger partial charge in [-0.1, -0.05) is 79.0 Å². The normalized spacial score (nSPS) is 12.2. The van der Waals surface area contributed by atoms with Crippen molar-refractivity contribution in [3.05, 3.63) is 63.1 Å². The van der Waals surface area contributed by atoms with Crippen LogP contribution in [0.15, 0.2) is 42.5 Å². The third kappa shape index (κ3) is 8.27. The Morgan fingerprint density at radius 2 is 1.63 bits per heavy atom. The van der Waals surface area contributed by atoms with Crippen LogP contribution in [0.4, 0.5) is 5.69 Å². The monoisotopic (exact) mass is 561 g/mol. The van der Waals surface area contributed by atoms with E-state index in [0.717, 1.165) is 22.5 Å². The molecule has 2 aromatic carbocycles. The van der Waals surface area contributed by atoms with Gasteiger partial charge in [0.05, 0.1) is 27.0 Å². The van der Waals surface area contributed by atoms with Gasteiger partial charge in [0.15, 0.2) is 0 Å². The van der Waals surface area contributed by atoms with E-state index in [1.165, 1.54) is 17.0 Å². The lowest BCUT2D eigenvalue weighted by molar-refractivity contribution is -0.139. The first-order valence-corrected chi connectivity index (χ1v) is 14.2. The first kappa shape index (κ1) is 29.2. The van der Waals surface area contributed by atoms with Crippen LogP contribution in [0, 0.1) is 0 Å². The Kier molecular flexibility index (Phi) is 11.1. The molecule has 2 amide bonds. The number of halogens is 3. The first-order chi connectivity index (χ1) is 16.5. The zero-order valence-corrected chi connectivity index (χ0v) is 23.0. The van der Waals surface area contributed by atoms with Crippen LogP contribution in [-0.2, 0) is 26.0 Å². The second-order valence-corrected chi connectivity index (χ2v) is 11.2. The summed E-state index contributed by atoms with van der Waals surface area (Å²) in [6, 6.07) is 11.4. The van der Waals surface area contributed by atoms with E-state index in [9.17, 15) is 18.0 Å². The van der Waals surface area contributed by atoms with Crippen molar-refractivity contribution in [2.24, 2.45) is 0 Å². The van der Waals surface area contributed by atoms with Gasteiger partial charge in [-0.3, -0.25) is 13.9 Å². The highest BCUT2D eigenvalue weighted by molar-refractivity contribution is 7.92. The number of sulfonamides is 1. The van der Waals surface area contributed by atoms with Crippen molar-refractivity contribution in [2.45, 2.75) is 39.2 Å². The summed E-state index contributed by atoms with van der Waals surface area (Å²) in [6.07, 6.45) is 2.58. The quantitative estimate of drug-likeness (QED) is 0.377. The van der Waals surface area contributed by atoms with Gasteiger partial charge in [0, 0.05) is 13.1 Å². The summed E-state index contributed by atoms with van der Waals surface area (Å²) in [7, 11) is -3.93. The standard InChI is InChI=1S/C24H30Cl3N3O4S/c1-4-12-28-24(32)21(5-2)29(13-11-17-9-7-6-8-10-17)23(31)16-30(35(3,33)34)22-15-19(26)18(25)14-20(22)27/h6-10,14-15,21H,4-5,11-13,16H2,1-3H3,(H,28,32)/t21-/m0/s1. The molecule has 0 unspecified atom stereocenters. The fourth-order valence-electron chi connectivity index (χ4n) is 3.56. The van der Waals surface area contributed by atoms with Crippen LogP contribution < -0.4 is 9.62 Å². The van der Waals surface area contributed by atoms with Crippen molar-refractivity contribution in [1.82, 2.24) is 10.2 Å². The number of hydrogen-bond donors (Lipinski definition) is 1. The number of amides is 2. The van der Waals surface area contributed by atoms with Crippen LogP contribution in [0.5, 0.6) is 0 Å². The first-order valence-electron chi connectivity index (χ1n) is 11.2. The Morgan fingerprint density at radius 1 is 1.00 bits per heavy atom. The highest BCUT2D eigenvalue weighted by atomic mass is 35.5. The minimum absolute atomic E-state index is 0.0289. The average molecular weight is 563 g/mol. The molecule has 0 aliphatic heterocycles. The molecule has 1 N–H and O–H groups in total. The van der Waals surface area contributed by atoms with Crippen molar-refractivity contribution in [3.8, 4) is 0 Å². The highest BCUT2D eigenvalue weighted by Crippen LogP contribution is 2.35. The second-order valence-electron chi connectivity index (χ2n) is 8.03. The van der Waals surface area contributed by atoms with Crippen LogP contribution in [0.25, 0.3) is 0 Å². The molecule has 0 radical (unpaired) electrons.